The lowest BCUT2D eigenvalue weighted by Crippen LogP contribution is -2.44. The Bertz CT molecular complexity index is 1510. The number of hydrogen-bond donors (Lipinski definition) is 3. The van der Waals surface area contributed by atoms with Crippen molar-refractivity contribution in [1.29, 1.82) is 0 Å². The molecule has 3 heterocycles. The van der Waals surface area contributed by atoms with Gasteiger partial charge in [0.05, 0.1) is 11.3 Å². The van der Waals surface area contributed by atoms with E-state index < -0.39 is 17.8 Å². The van der Waals surface area contributed by atoms with Crippen molar-refractivity contribution >= 4 is 34.1 Å². The van der Waals surface area contributed by atoms with Gasteiger partial charge in [0.2, 0.25) is 0 Å². The van der Waals surface area contributed by atoms with Gasteiger partial charge in [-0.25, -0.2) is 9.78 Å². The van der Waals surface area contributed by atoms with Gasteiger partial charge in [0.15, 0.2) is 5.82 Å². The fourth-order valence-corrected chi connectivity index (χ4v) is 4.73. The lowest BCUT2D eigenvalue weighted by Gasteiger charge is -2.33. The Labute approximate surface area is 230 Å². The van der Waals surface area contributed by atoms with Gasteiger partial charge in [-0.1, -0.05) is 25.6 Å². The van der Waals surface area contributed by atoms with Gasteiger partial charge in [-0.2, -0.15) is 18.3 Å². The number of aryl methyl sites for hydroxylation is 1. The Morgan fingerprint density at radius 1 is 1.00 bits per heavy atom. The maximum Gasteiger partial charge on any atom is 0.416 e. The summed E-state index contributed by atoms with van der Waals surface area (Å²) in [6.07, 6.45) is -2.91. The molecule has 0 unspecified atom stereocenters. The summed E-state index contributed by atoms with van der Waals surface area (Å²) in [5.41, 5.74) is 7.00. The van der Waals surface area contributed by atoms with E-state index in [-0.39, 0.29) is 31.0 Å². The quantitative estimate of drug-likeness (QED) is 0.311. The molecule has 40 heavy (non-hydrogen) atoms. The molecule has 4 N–H and O–H groups in total. The van der Waals surface area contributed by atoms with E-state index in [9.17, 15) is 18.0 Å². The highest BCUT2D eigenvalue weighted by Gasteiger charge is 2.34. The second-order valence-corrected chi connectivity index (χ2v) is 9.70. The number of amides is 2. The summed E-state index contributed by atoms with van der Waals surface area (Å²) < 4.78 is 43.2. The van der Waals surface area contributed by atoms with Crippen LogP contribution in [-0.4, -0.2) is 63.8 Å². The van der Waals surface area contributed by atoms with Gasteiger partial charge in [-0.15, -0.1) is 0 Å². The molecular weight excluding hydrogens is 521 g/mol. The molecule has 4 aromatic rings. The summed E-state index contributed by atoms with van der Waals surface area (Å²) in [7, 11) is 3.72. The molecule has 0 radical (unpaired) electrons. The Morgan fingerprint density at radius 3 is 2.48 bits per heavy atom. The van der Waals surface area contributed by atoms with E-state index in [1.165, 1.54) is 12.1 Å². The maximum atomic E-state index is 13.9. The van der Waals surface area contributed by atoms with Crippen LogP contribution in [0.2, 0.25) is 0 Å². The number of pyridine rings is 1. The first-order chi connectivity index (χ1) is 18.6. The number of nitrogens with one attached hydrogen (secondary N) is 2. The third-order valence-electron chi connectivity index (χ3n) is 6.88. The Hall–Kier alpha value is -4.16. The molecule has 2 aromatic carbocycles. The number of piperazine rings is 1. The van der Waals surface area contributed by atoms with E-state index in [4.69, 9.17) is 5.73 Å². The highest BCUT2D eigenvalue weighted by Crippen LogP contribution is 2.35. The summed E-state index contributed by atoms with van der Waals surface area (Å²) in [4.78, 5) is 20.9. The van der Waals surface area contributed by atoms with Crippen LogP contribution >= 0.6 is 0 Å². The number of fused-ring (bicyclic) bond motifs is 1. The van der Waals surface area contributed by atoms with Crippen LogP contribution in [0.1, 0.15) is 18.6 Å². The third kappa shape index (κ3) is 6.35. The second-order valence-electron chi connectivity index (χ2n) is 9.70. The van der Waals surface area contributed by atoms with Gasteiger partial charge < -0.3 is 16.0 Å². The van der Waals surface area contributed by atoms with Gasteiger partial charge >= 0.3 is 12.2 Å². The number of alkyl halides is 3. The van der Waals surface area contributed by atoms with Crippen molar-refractivity contribution in [3.8, 4) is 11.3 Å². The van der Waals surface area contributed by atoms with Crippen molar-refractivity contribution in [3.63, 3.8) is 0 Å². The SMILES string of the molecule is C.CN1CCN(Cc2ccc(NC(=O)Nc3cc(-c4ccc5ccnc(N)c5c4)n(C)n3)cc2C(F)(F)F)CC1. The largest absolute Gasteiger partial charge is 0.416 e. The molecule has 9 nitrogen and oxygen atoms in total. The molecular formula is C28H33F3N8O. The van der Waals surface area contributed by atoms with Crippen LogP contribution in [0.15, 0.2) is 54.7 Å². The normalized spacial score (nSPS) is 14.6. The third-order valence-corrected chi connectivity index (χ3v) is 6.88. The predicted octanol–water partition coefficient (Wildman–Crippen LogP) is 5.26. The molecule has 12 heteroatoms. The monoisotopic (exact) mass is 554 g/mol. The van der Waals surface area contributed by atoms with Gasteiger partial charge in [-0.3, -0.25) is 14.9 Å². The van der Waals surface area contributed by atoms with Crippen molar-refractivity contribution in [2.24, 2.45) is 7.05 Å². The molecule has 5 rings (SSSR count). The van der Waals surface area contributed by atoms with Crippen LogP contribution in [0.4, 0.5) is 35.3 Å². The number of anilines is 3. The predicted molar refractivity (Wildman–Crippen MR) is 152 cm³/mol. The van der Waals surface area contributed by atoms with Crippen molar-refractivity contribution in [1.82, 2.24) is 24.6 Å². The number of urea groups is 1. The summed E-state index contributed by atoms with van der Waals surface area (Å²) in [5.74, 6) is 0.647. The number of benzene rings is 2. The van der Waals surface area contributed by atoms with Crippen LogP contribution in [0.3, 0.4) is 0 Å². The summed E-state index contributed by atoms with van der Waals surface area (Å²) >= 11 is 0. The number of aromatic nitrogens is 3. The lowest BCUT2D eigenvalue weighted by atomic mass is 10.0. The van der Waals surface area contributed by atoms with Crippen LogP contribution in [0.5, 0.6) is 0 Å². The second kappa shape index (κ2) is 11.5. The molecule has 1 saturated heterocycles. The first-order valence-corrected chi connectivity index (χ1v) is 12.4. The molecule has 1 aliphatic rings. The standard InChI is InChI=1S/C27H29F3N8O.CH4/c1-36-9-11-38(12-10-36)16-19-5-6-20(14-22(19)27(28,29)30)33-26(39)34-24-15-23(37(2)35-24)18-4-3-17-7-8-32-25(31)21(17)13-18;/h3-8,13-15H,9-12,16H2,1-2H3,(H2,31,32)(H2,33,34,35,39);1H4. The Balaban J connectivity index is 0.00000370. The van der Waals surface area contributed by atoms with E-state index in [1.807, 2.05) is 36.2 Å². The van der Waals surface area contributed by atoms with Crippen LogP contribution < -0.4 is 16.4 Å². The molecule has 0 bridgehead atoms. The fraction of sp³-hybridized carbons (Fsp3) is 0.321. The molecule has 2 amide bonds. The zero-order valence-electron chi connectivity index (χ0n) is 21.6. The van der Waals surface area contributed by atoms with Gasteiger partial charge in [0, 0.05) is 68.7 Å². The van der Waals surface area contributed by atoms with E-state index in [2.05, 4.69) is 25.6 Å². The van der Waals surface area contributed by atoms with E-state index in [0.717, 1.165) is 35.5 Å². The van der Waals surface area contributed by atoms with Crippen molar-refractivity contribution in [3.05, 3.63) is 65.9 Å². The smallest absolute Gasteiger partial charge is 0.383 e. The molecule has 0 aliphatic carbocycles. The molecule has 1 aliphatic heterocycles. The summed E-state index contributed by atoms with van der Waals surface area (Å²) in [6.45, 7) is 3.21. The highest BCUT2D eigenvalue weighted by atomic mass is 19.4. The Kier molecular flexibility index (Phi) is 8.31. The number of hydrogen-bond acceptors (Lipinski definition) is 6. The van der Waals surface area contributed by atoms with Crippen LogP contribution in [0.25, 0.3) is 22.0 Å². The van der Waals surface area contributed by atoms with E-state index in [1.54, 1.807) is 24.0 Å². The maximum absolute atomic E-state index is 13.9. The molecule has 1 fully saturated rings. The minimum atomic E-state index is -4.55. The van der Waals surface area contributed by atoms with E-state index in [0.29, 0.717) is 24.6 Å². The molecule has 212 valence electrons. The summed E-state index contributed by atoms with van der Waals surface area (Å²) in [5, 5.41) is 11.2. The number of halogens is 3. The number of nitrogens with zero attached hydrogens (tertiary/aromatic N) is 5. The van der Waals surface area contributed by atoms with Crippen molar-refractivity contribution in [2.45, 2.75) is 20.1 Å². The zero-order valence-corrected chi connectivity index (χ0v) is 21.6. The first-order valence-electron chi connectivity index (χ1n) is 12.4. The highest BCUT2D eigenvalue weighted by molar-refractivity contribution is 6.00. The molecule has 0 atom stereocenters. The zero-order chi connectivity index (χ0) is 27.7. The first kappa shape index (κ1) is 28.8. The number of rotatable bonds is 5. The number of likely N-dealkylation sites (N-methyl/N-ethyl adjacent to an activating group) is 1. The average molecular weight is 555 g/mol. The van der Waals surface area contributed by atoms with Gasteiger partial charge in [0.1, 0.15) is 5.82 Å². The van der Waals surface area contributed by atoms with Crippen LogP contribution in [-0.2, 0) is 19.8 Å². The fourth-order valence-electron chi connectivity index (χ4n) is 4.73. The lowest BCUT2D eigenvalue weighted by molar-refractivity contribution is -0.138. The Morgan fingerprint density at radius 2 is 1.75 bits per heavy atom. The number of nitrogen functional groups attached to an aromatic ring is 1. The number of carbonyl (C=O) groups excluding carboxylic acids is 1. The molecule has 2 aromatic heterocycles. The van der Waals surface area contributed by atoms with Gasteiger partial charge in [0.25, 0.3) is 0 Å². The average Bonchev–Trinajstić information content (AvgIpc) is 3.25. The summed E-state index contributed by atoms with van der Waals surface area (Å²) in [6, 6.07) is 12.4. The van der Waals surface area contributed by atoms with Crippen LogP contribution in [0, 0.1) is 0 Å². The van der Waals surface area contributed by atoms with Crippen molar-refractivity contribution < 1.29 is 18.0 Å². The van der Waals surface area contributed by atoms with Gasteiger partial charge in [-0.05, 0) is 42.3 Å². The number of nitrogens with two attached hydrogens (primary N) is 1. The number of carbonyl (C=O) groups is 1. The van der Waals surface area contributed by atoms with Crippen molar-refractivity contribution in [2.75, 3.05) is 49.6 Å². The van der Waals surface area contributed by atoms with E-state index >= 15 is 0 Å². The molecule has 0 saturated carbocycles. The topological polar surface area (TPSA) is 104 Å². The molecule has 0 spiro atoms. The minimum absolute atomic E-state index is 0. The minimum Gasteiger partial charge on any atom is -0.383 e.